The lowest BCUT2D eigenvalue weighted by atomic mass is 9.98. The Labute approximate surface area is 102 Å². The van der Waals surface area contributed by atoms with Crippen LogP contribution < -0.4 is 4.74 Å². The quantitative estimate of drug-likeness (QED) is 0.794. The molecule has 17 heavy (non-hydrogen) atoms. The van der Waals surface area contributed by atoms with Crippen LogP contribution in [0.4, 0.5) is 0 Å². The Kier molecular flexibility index (Phi) is 3.76. The summed E-state index contributed by atoms with van der Waals surface area (Å²) in [5.74, 6) is 0.654. The average Bonchev–Trinajstić information content (AvgIpc) is 2.40. The minimum absolute atomic E-state index is 0.654. The number of aromatic nitrogens is 1. The van der Waals surface area contributed by atoms with Crippen molar-refractivity contribution in [3.63, 3.8) is 0 Å². The van der Waals surface area contributed by atoms with Gasteiger partial charge in [0.2, 0.25) is 5.88 Å². The first-order valence-corrected chi connectivity index (χ1v) is 5.93. The van der Waals surface area contributed by atoms with Crippen molar-refractivity contribution in [1.82, 2.24) is 4.98 Å². The molecule has 0 radical (unpaired) electrons. The predicted molar refractivity (Wildman–Crippen MR) is 70.2 cm³/mol. The number of methoxy groups -OCH3 is 1. The van der Waals surface area contributed by atoms with Crippen molar-refractivity contribution in [3.8, 4) is 17.0 Å². The van der Waals surface area contributed by atoms with Crippen LogP contribution in [0.3, 0.4) is 0 Å². The van der Waals surface area contributed by atoms with Crippen molar-refractivity contribution < 1.29 is 4.74 Å². The highest BCUT2D eigenvalue weighted by Gasteiger charge is 2.04. The maximum absolute atomic E-state index is 5.07. The van der Waals surface area contributed by atoms with E-state index in [-0.39, 0.29) is 0 Å². The molecule has 2 aromatic rings. The van der Waals surface area contributed by atoms with Gasteiger partial charge in [-0.25, -0.2) is 4.98 Å². The van der Waals surface area contributed by atoms with E-state index in [1.165, 1.54) is 11.1 Å². The second-order valence-corrected chi connectivity index (χ2v) is 4.00. The van der Waals surface area contributed by atoms with E-state index in [0.29, 0.717) is 5.88 Å². The second-order valence-electron chi connectivity index (χ2n) is 4.00. The molecule has 0 unspecified atom stereocenters. The summed E-state index contributed by atoms with van der Waals surface area (Å²) in [6.45, 7) is 2.20. The molecule has 2 nitrogen and oxygen atoms in total. The molecule has 1 heterocycles. The Hall–Kier alpha value is -1.83. The minimum atomic E-state index is 0.654. The van der Waals surface area contributed by atoms with Crippen molar-refractivity contribution in [2.45, 2.75) is 19.8 Å². The van der Waals surface area contributed by atoms with Crippen molar-refractivity contribution in [1.29, 1.82) is 0 Å². The zero-order chi connectivity index (χ0) is 12.1. The molecular weight excluding hydrogens is 210 g/mol. The lowest BCUT2D eigenvalue weighted by molar-refractivity contribution is 0.398. The number of benzene rings is 1. The minimum Gasteiger partial charge on any atom is -0.481 e. The van der Waals surface area contributed by atoms with Crippen LogP contribution in [0.5, 0.6) is 5.88 Å². The Morgan fingerprint density at radius 1 is 1.12 bits per heavy atom. The first kappa shape index (κ1) is 11.6. The van der Waals surface area contributed by atoms with Crippen LogP contribution >= 0.6 is 0 Å². The van der Waals surface area contributed by atoms with Crippen molar-refractivity contribution >= 4 is 0 Å². The Morgan fingerprint density at radius 3 is 2.59 bits per heavy atom. The van der Waals surface area contributed by atoms with E-state index >= 15 is 0 Å². The van der Waals surface area contributed by atoms with Crippen molar-refractivity contribution in [2.75, 3.05) is 7.11 Å². The summed E-state index contributed by atoms with van der Waals surface area (Å²) >= 11 is 0. The number of nitrogens with zero attached hydrogens (tertiary/aromatic N) is 1. The fourth-order valence-corrected chi connectivity index (χ4v) is 1.95. The predicted octanol–water partition coefficient (Wildman–Crippen LogP) is 3.71. The topological polar surface area (TPSA) is 22.1 Å². The van der Waals surface area contributed by atoms with Gasteiger partial charge in [0.05, 0.1) is 7.11 Å². The summed E-state index contributed by atoms with van der Waals surface area (Å²) in [6.07, 6.45) is 4.12. The van der Waals surface area contributed by atoms with Gasteiger partial charge in [0.1, 0.15) is 0 Å². The number of hydrogen-bond donors (Lipinski definition) is 0. The monoisotopic (exact) mass is 227 g/mol. The molecule has 0 fully saturated rings. The van der Waals surface area contributed by atoms with E-state index in [1.807, 2.05) is 12.3 Å². The highest BCUT2D eigenvalue weighted by molar-refractivity contribution is 5.66. The Bertz CT molecular complexity index is 477. The molecule has 2 heteroatoms. The van der Waals surface area contributed by atoms with E-state index in [9.17, 15) is 0 Å². The first-order valence-electron chi connectivity index (χ1n) is 5.93. The van der Waals surface area contributed by atoms with E-state index in [2.05, 4.69) is 42.2 Å². The van der Waals surface area contributed by atoms with Crippen LogP contribution in [0.2, 0.25) is 0 Å². The van der Waals surface area contributed by atoms with Crippen LogP contribution in [0.25, 0.3) is 11.1 Å². The van der Waals surface area contributed by atoms with Crippen LogP contribution in [-0.2, 0) is 6.42 Å². The fraction of sp³-hybridized carbons (Fsp3) is 0.267. The van der Waals surface area contributed by atoms with Gasteiger partial charge in [-0.05, 0) is 23.6 Å². The molecule has 0 aliphatic rings. The molecule has 0 N–H and O–H groups in total. The highest BCUT2D eigenvalue weighted by atomic mass is 16.5. The molecule has 0 aliphatic heterocycles. The first-order chi connectivity index (χ1) is 8.35. The standard InChI is InChI=1S/C15H17NO/c1-3-6-12-7-4-5-8-14(12)13-9-10-15(17-2)16-11-13/h4-5,7-11H,3,6H2,1-2H3. The van der Waals surface area contributed by atoms with Gasteiger partial charge < -0.3 is 4.74 Å². The molecule has 2 rings (SSSR count). The second kappa shape index (κ2) is 5.48. The normalized spacial score (nSPS) is 10.2. The van der Waals surface area contributed by atoms with Crippen LogP contribution in [0.1, 0.15) is 18.9 Å². The number of ether oxygens (including phenoxy) is 1. The third-order valence-corrected chi connectivity index (χ3v) is 2.79. The van der Waals surface area contributed by atoms with Crippen LogP contribution in [0, 0.1) is 0 Å². The molecule has 88 valence electrons. The fourth-order valence-electron chi connectivity index (χ4n) is 1.95. The number of hydrogen-bond acceptors (Lipinski definition) is 2. The molecule has 0 saturated carbocycles. The van der Waals surface area contributed by atoms with Crippen molar-refractivity contribution in [2.24, 2.45) is 0 Å². The molecule has 0 spiro atoms. The van der Waals surface area contributed by atoms with Gasteiger partial charge in [-0.15, -0.1) is 0 Å². The smallest absolute Gasteiger partial charge is 0.212 e. The molecule has 0 aliphatic carbocycles. The van der Waals surface area contributed by atoms with E-state index in [0.717, 1.165) is 18.4 Å². The van der Waals surface area contributed by atoms with Gasteiger partial charge in [0.15, 0.2) is 0 Å². The number of pyridine rings is 1. The van der Waals surface area contributed by atoms with Crippen LogP contribution in [0.15, 0.2) is 42.6 Å². The van der Waals surface area contributed by atoms with Gasteiger partial charge in [-0.2, -0.15) is 0 Å². The summed E-state index contributed by atoms with van der Waals surface area (Å²) in [5, 5.41) is 0. The maximum atomic E-state index is 5.07. The molecule has 1 aromatic heterocycles. The lowest BCUT2D eigenvalue weighted by Crippen LogP contribution is -1.91. The summed E-state index contributed by atoms with van der Waals surface area (Å²) in [7, 11) is 1.63. The van der Waals surface area contributed by atoms with E-state index in [1.54, 1.807) is 7.11 Å². The highest BCUT2D eigenvalue weighted by Crippen LogP contribution is 2.25. The third-order valence-electron chi connectivity index (χ3n) is 2.79. The zero-order valence-electron chi connectivity index (χ0n) is 10.3. The molecule has 0 atom stereocenters. The number of aryl methyl sites for hydroxylation is 1. The zero-order valence-corrected chi connectivity index (χ0v) is 10.3. The summed E-state index contributed by atoms with van der Waals surface area (Å²) in [6, 6.07) is 12.4. The van der Waals surface area contributed by atoms with E-state index < -0.39 is 0 Å². The Balaban J connectivity index is 2.37. The Morgan fingerprint density at radius 2 is 1.94 bits per heavy atom. The third kappa shape index (κ3) is 2.64. The lowest BCUT2D eigenvalue weighted by Gasteiger charge is -2.08. The van der Waals surface area contributed by atoms with Gasteiger partial charge in [0, 0.05) is 17.8 Å². The summed E-state index contributed by atoms with van der Waals surface area (Å²) < 4.78 is 5.07. The van der Waals surface area contributed by atoms with Gasteiger partial charge in [0.25, 0.3) is 0 Å². The van der Waals surface area contributed by atoms with Gasteiger partial charge >= 0.3 is 0 Å². The van der Waals surface area contributed by atoms with Crippen LogP contribution in [-0.4, -0.2) is 12.1 Å². The number of rotatable bonds is 4. The molecule has 0 saturated heterocycles. The SMILES string of the molecule is CCCc1ccccc1-c1ccc(OC)nc1. The molecule has 0 amide bonds. The van der Waals surface area contributed by atoms with Gasteiger partial charge in [-0.3, -0.25) is 0 Å². The largest absolute Gasteiger partial charge is 0.481 e. The van der Waals surface area contributed by atoms with E-state index in [4.69, 9.17) is 4.74 Å². The average molecular weight is 227 g/mol. The molecule has 1 aromatic carbocycles. The van der Waals surface area contributed by atoms with Crippen molar-refractivity contribution in [3.05, 3.63) is 48.2 Å². The molecular formula is C15H17NO. The molecule has 0 bridgehead atoms. The summed E-state index contributed by atoms with van der Waals surface area (Å²) in [4.78, 5) is 4.25. The maximum Gasteiger partial charge on any atom is 0.212 e. The summed E-state index contributed by atoms with van der Waals surface area (Å²) in [5.41, 5.74) is 3.79. The van der Waals surface area contributed by atoms with Gasteiger partial charge in [-0.1, -0.05) is 37.6 Å².